The fourth-order valence-corrected chi connectivity index (χ4v) is 2.93. The average Bonchev–Trinajstić information content (AvgIpc) is 3.12. The van der Waals surface area contributed by atoms with Gasteiger partial charge in [-0.1, -0.05) is 23.7 Å². The molecule has 2 saturated heterocycles. The molecule has 2 aromatic rings. The maximum atomic E-state index is 11.9. The lowest BCUT2D eigenvalue weighted by Crippen LogP contribution is -2.37. The quantitative estimate of drug-likeness (QED) is 0.831. The molecule has 0 unspecified atom stereocenters. The molecule has 1 aromatic carbocycles. The number of ketones is 1. The van der Waals surface area contributed by atoms with Crippen LogP contribution in [0.2, 0.25) is 5.02 Å². The number of carbonyl (C=O) groups excluding carboxylic acids is 1. The number of halogens is 1. The zero-order chi connectivity index (χ0) is 14.4. The maximum absolute atomic E-state index is 11.9. The van der Waals surface area contributed by atoms with Gasteiger partial charge in [0.1, 0.15) is 6.10 Å². The minimum absolute atomic E-state index is 0.0886. The van der Waals surface area contributed by atoms with Crippen LogP contribution in [0.5, 0.6) is 0 Å². The standard InChI is InChI=1S/C13H11ClN4O3/c14-8-4-2-1-3-7(8)12-15-16-17-18(12)9-5-10(19)13-20-6-11(9)21-13/h1-4,9,11,13H,5-6H2/t9-,11-,13+/m1/s1. The molecule has 0 radical (unpaired) electrons. The number of rotatable bonds is 2. The predicted octanol–water partition coefficient (Wildman–Crippen LogP) is 1.25. The number of ether oxygens (including phenoxy) is 2. The molecule has 2 fully saturated rings. The molecule has 0 N–H and O–H groups in total. The zero-order valence-corrected chi connectivity index (χ0v) is 11.6. The average molecular weight is 307 g/mol. The third kappa shape index (κ3) is 2.05. The van der Waals surface area contributed by atoms with Crippen LogP contribution in [0.3, 0.4) is 0 Å². The summed E-state index contributed by atoms with van der Waals surface area (Å²) < 4.78 is 12.5. The summed E-state index contributed by atoms with van der Waals surface area (Å²) in [4.78, 5) is 11.9. The summed E-state index contributed by atoms with van der Waals surface area (Å²) >= 11 is 6.20. The maximum Gasteiger partial charge on any atom is 0.218 e. The lowest BCUT2D eigenvalue weighted by Gasteiger charge is -2.26. The van der Waals surface area contributed by atoms with Crippen LogP contribution < -0.4 is 0 Å². The molecule has 2 aliphatic heterocycles. The second-order valence-corrected chi connectivity index (χ2v) is 5.41. The molecule has 0 spiro atoms. The molecule has 4 rings (SSSR count). The molecular formula is C13H11ClN4O3. The van der Waals surface area contributed by atoms with E-state index in [2.05, 4.69) is 15.5 Å². The van der Waals surface area contributed by atoms with E-state index in [1.165, 1.54) is 0 Å². The van der Waals surface area contributed by atoms with Gasteiger partial charge >= 0.3 is 0 Å². The van der Waals surface area contributed by atoms with Crippen LogP contribution >= 0.6 is 11.6 Å². The van der Waals surface area contributed by atoms with Crippen LogP contribution in [0.15, 0.2) is 24.3 Å². The van der Waals surface area contributed by atoms with Crippen LogP contribution in [0.1, 0.15) is 12.5 Å². The molecule has 1 aromatic heterocycles. The second kappa shape index (κ2) is 4.87. The third-order valence-electron chi connectivity index (χ3n) is 3.73. The van der Waals surface area contributed by atoms with E-state index in [9.17, 15) is 4.79 Å². The topological polar surface area (TPSA) is 79.1 Å². The zero-order valence-electron chi connectivity index (χ0n) is 10.8. The summed E-state index contributed by atoms with van der Waals surface area (Å²) in [5.74, 6) is 0.432. The first-order chi connectivity index (χ1) is 10.2. The molecule has 108 valence electrons. The Labute approximate surface area is 124 Å². The first kappa shape index (κ1) is 12.9. The minimum Gasteiger partial charge on any atom is -0.343 e. The molecule has 0 aliphatic carbocycles. The van der Waals surface area contributed by atoms with Crippen molar-refractivity contribution in [1.82, 2.24) is 20.2 Å². The number of hydrogen-bond acceptors (Lipinski definition) is 6. The highest BCUT2D eigenvalue weighted by atomic mass is 35.5. The summed E-state index contributed by atoms with van der Waals surface area (Å²) in [5, 5.41) is 12.3. The highest BCUT2D eigenvalue weighted by Gasteiger charge is 2.45. The van der Waals surface area contributed by atoms with Gasteiger partial charge in [0.25, 0.3) is 0 Å². The van der Waals surface area contributed by atoms with Crippen LogP contribution in [0.4, 0.5) is 0 Å². The summed E-state index contributed by atoms with van der Waals surface area (Å²) in [6.45, 7) is 0.364. The van der Waals surface area contributed by atoms with E-state index in [1.54, 1.807) is 10.7 Å². The fraction of sp³-hybridized carbons (Fsp3) is 0.385. The first-order valence-corrected chi connectivity index (χ1v) is 6.94. The van der Waals surface area contributed by atoms with Crippen LogP contribution in [0.25, 0.3) is 11.4 Å². The van der Waals surface area contributed by atoms with Gasteiger partial charge in [-0.15, -0.1) is 5.10 Å². The molecule has 3 atom stereocenters. The Balaban J connectivity index is 1.76. The Bertz CT molecular complexity index is 704. The Kier molecular flexibility index (Phi) is 2.99. The van der Waals surface area contributed by atoms with E-state index in [4.69, 9.17) is 21.1 Å². The number of fused-ring (bicyclic) bond motifs is 2. The number of carbonyl (C=O) groups is 1. The van der Waals surface area contributed by atoms with Crippen molar-refractivity contribution >= 4 is 17.4 Å². The number of benzene rings is 1. The number of Topliss-reactive ketones (excluding diaryl/α,β-unsaturated/α-hetero) is 1. The predicted molar refractivity (Wildman–Crippen MR) is 71.5 cm³/mol. The van der Waals surface area contributed by atoms with E-state index < -0.39 is 6.29 Å². The van der Waals surface area contributed by atoms with Gasteiger partial charge in [0.05, 0.1) is 17.7 Å². The summed E-state index contributed by atoms with van der Waals surface area (Å²) in [5.41, 5.74) is 0.720. The van der Waals surface area contributed by atoms with Crippen molar-refractivity contribution in [2.45, 2.75) is 24.9 Å². The van der Waals surface area contributed by atoms with Crippen molar-refractivity contribution in [2.75, 3.05) is 6.61 Å². The monoisotopic (exact) mass is 306 g/mol. The Morgan fingerprint density at radius 3 is 3.05 bits per heavy atom. The Hall–Kier alpha value is -1.83. The summed E-state index contributed by atoms with van der Waals surface area (Å²) in [7, 11) is 0. The normalized spacial score (nSPS) is 28.0. The van der Waals surface area contributed by atoms with Crippen molar-refractivity contribution in [2.24, 2.45) is 0 Å². The lowest BCUT2D eigenvalue weighted by atomic mass is 10.0. The molecule has 8 heteroatoms. The molecule has 0 amide bonds. The van der Waals surface area contributed by atoms with E-state index in [1.807, 2.05) is 18.2 Å². The largest absolute Gasteiger partial charge is 0.343 e. The van der Waals surface area contributed by atoms with Gasteiger partial charge in [0, 0.05) is 12.0 Å². The highest BCUT2D eigenvalue weighted by molar-refractivity contribution is 6.33. The van der Waals surface area contributed by atoms with Crippen molar-refractivity contribution in [1.29, 1.82) is 0 Å². The van der Waals surface area contributed by atoms with Gasteiger partial charge in [-0.3, -0.25) is 4.79 Å². The molecule has 3 heterocycles. The fourth-order valence-electron chi connectivity index (χ4n) is 2.70. The van der Waals surface area contributed by atoms with Crippen molar-refractivity contribution in [3.63, 3.8) is 0 Å². The van der Waals surface area contributed by atoms with Crippen LogP contribution in [0, 0.1) is 0 Å². The van der Waals surface area contributed by atoms with Gasteiger partial charge in [-0.2, -0.15) is 0 Å². The van der Waals surface area contributed by atoms with Gasteiger partial charge < -0.3 is 9.47 Å². The van der Waals surface area contributed by atoms with E-state index in [0.29, 0.717) is 17.5 Å². The summed E-state index contributed by atoms with van der Waals surface area (Å²) in [6.07, 6.45) is -0.665. The molecule has 2 bridgehead atoms. The van der Waals surface area contributed by atoms with Crippen molar-refractivity contribution < 1.29 is 14.3 Å². The Morgan fingerprint density at radius 2 is 2.19 bits per heavy atom. The molecule has 21 heavy (non-hydrogen) atoms. The molecule has 7 nitrogen and oxygen atoms in total. The van der Waals surface area contributed by atoms with E-state index in [0.717, 1.165) is 5.56 Å². The van der Waals surface area contributed by atoms with Crippen molar-refractivity contribution in [3.05, 3.63) is 29.3 Å². The minimum atomic E-state index is -0.730. The second-order valence-electron chi connectivity index (χ2n) is 5.00. The van der Waals surface area contributed by atoms with Gasteiger partial charge in [-0.05, 0) is 22.6 Å². The lowest BCUT2D eigenvalue weighted by molar-refractivity contribution is -0.156. The number of hydrogen-bond donors (Lipinski definition) is 0. The van der Waals surface area contributed by atoms with Gasteiger partial charge in [0.2, 0.25) is 6.29 Å². The smallest absolute Gasteiger partial charge is 0.218 e. The van der Waals surface area contributed by atoms with E-state index in [-0.39, 0.29) is 24.3 Å². The van der Waals surface area contributed by atoms with Gasteiger partial charge in [0.15, 0.2) is 11.6 Å². The first-order valence-electron chi connectivity index (χ1n) is 6.56. The number of aromatic nitrogens is 4. The SMILES string of the molecule is O=C1C[C@@H](n2nnnc2-c2ccccc2Cl)[C@H]2CO[C@H]1O2. The summed E-state index contributed by atoms with van der Waals surface area (Å²) in [6, 6.07) is 7.02. The number of tetrazole rings is 1. The van der Waals surface area contributed by atoms with Crippen LogP contribution in [-0.4, -0.2) is 45.0 Å². The Morgan fingerprint density at radius 1 is 1.33 bits per heavy atom. The molecular weight excluding hydrogens is 296 g/mol. The molecule has 2 aliphatic rings. The highest BCUT2D eigenvalue weighted by Crippen LogP contribution is 2.35. The van der Waals surface area contributed by atoms with Gasteiger partial charge in [-0.25, -0.2) is 4.68 Å². The van der Waals surface area contributed by atoms with Crippen LogP contribution in [-0.2, 0) is 14.3 Å². The molecule has 0 saturated carbocycles. The van der Waals surface area contributed by atoms with Crippen molar-refractivity contribution in [3.8, 4) is 11.4 Å². The van der Waals surface area contributed by atoms with E-state index >= 15 is 0 Å². The number of nitrogens with zero attached hydrogens (tertiary/aromatic N) is 4. The third-order valence-corrected chi connectivity index (χ3v) is 4.06.